The highest BCUT2D eigenvalue weighted by molar-refractivity contribution is 8.04. The molecule has 11 heteroatoms. The van der Waals surface area contributed by atoms with Gasteiger partial charge in [-0.1, -0.05) is 6.92 Å². The Bertz CT molecular complexity index is 2050. The molecule has 2 aromatic heterocycles. The first-order valence-electron chi connectivity index (χ1n) is 13.6. The number of hydrogen-bond donors (Lipinski definition) is 5. The molecule has 8 rings (SSSR count). The van der Waals surface area contributed by atoms with E-state index in [4.69, 9.17) is 5.11 Å². The monoisotopic (exact) mass is 577 g/mol. The largest absolute Gasteiger partial charge is 0.465 e. The first-order valence-corrected chi connectivity index (χ1v) is 14.4. The lowest BCUT2D eigenvalue weighted by Gasteiger charge is -2.27. The minimum Gasteiger partial charge on any atom is -0.465 e. The first-order chi connectivity index (χ1) is 20.2. The lowest BCUT2D eigenvalue weighted by molar-refractivity contribution is -0.110. The number of carboxylic acid groups (broad SMARTS) is 1. The summed E-state index contributed by atoms with van der Waals surface area (Å²) in [5.41, 5.74) is 5.42. The second kappa shape index (κ2) is 8.56. The summed E-state index contributed by atoms with van der Waals surface area (Å²) in [6, 6.07) is 13.8. The number of aliphatic imine (C=N–C) groups is 1. The Balaban J connectivity index is 0.995. The van der Waals surface area contributed by atoms with Crippen LogP contribution in [0.3, 0.4) is 0 Å². The highest BCUT2D eigenvalue weighted by atomic mass is 32.2. The highest BCUT2D eigenvalue weighted by Gasteiger charge is 2.71. The third-order valence-corrected chi connectivity index (χ3v) is 9.98. The molecule has 1 saturated carbocycles. The topological polar surface area (TPSA) is 157 Å². The highest BCUT2D eigenvalue weighted by Crippen LogP contribution is 2.67. The van der Waals surface area contributed by atoms with Crippen molar-refractivity contribution < 1.29 is 24.3 Å². The zero-order valence-electron chi connectivity index (χ0n) is 22.2. The molecule has 3 atom stereocenters. The molecule has 1 spiro atoms. The molecule has 2 aromatic carbocycles. The fourth-order valence-corrected chi connectivity index (χ4v) is 8.23. The van der Waals surface area contributed by atoms with Gasteiger partial charge in [0.15, 0.2) is 11.6 Å². The van der Waals surface area contributed by atoms with Gasteiger partial charge in [0.25, 0.3) is 5.91 Å². The Hall–Kier alpha value is -4.90. The molecule has 0 bridgehead atoms. The molecule has 5 N–H and O–H groups in total. The van der Waals surface area contributed by atoms with Crippen LogP contribution in [0.5, 0.6) is 0 Å². The molecule has 208 valence electrons. The molecular weight excluding hydrogens is 554 g/mol. The van der Waals surface area contributed by atoms with E-state index in [-0.39, 0.29) is 28.6 Å². The number of fused-ring (bicyclic) bond motifs is 2. The number of nitrogens with zero attached hydrogens (tertiary/aromatic N) is 1. The van der Waals surface area contributed by atoms with Crippen molar-refractivity contribution >= 4 is 74.2 Å². The first kappa shape index (κ1) is 24.9. The number of aromatic nitrogens is 2. The Kier molecular flexibility index (Phi) is 5.06. The van der Waals surface area contributed by atoms with Gasteiger partial charge in [0.05, 0.1) is 10.9 Å². The molecule has 4 aliphatic rings. The van der Waals surface area contributed by atoms with Gasteiger partial charge in [-0.05, 0) is 71.9 Å². The maximum Gasteiger partial charge on any atom is 0.409 e. The van der Waals surface area contributed by atoms with Crippen LogP contribution in [0.2, 0.25) is 0 Å². The van der Waals surface area contributed by atoms with Gasteiger partial charge < -0.3 is 20.4 Å². The van der Waals surface area contributed by atoms with E-state index in [9.17, 15) is 19.2 Å². The summed E-state index contributed by atoms with van der Waals surface area (Å²) in [4.78, 5) is 62.3. The van der Waals surface area contributed by atoms with Crippen molar-refractivity contribution in [3.63, 3.8) is 0 Å². The van der Waals surface area contributed by atoms with Crippen molar-refractivity contribution in [3.05, 3.63) is 82.2 Å². The number of benzene rings is 2. The lowest BCUT2D eigenvalue weighted by atomic mass is 9.75. The van der Waals surface area contributed by atoms with Gasteiger partial charge in [0.1, 0.15) is 11.1 Å². The smallest absolute Gasteiger partial charge is 0.409 e. The van der Waals surface area contributed by atoms with Crippen molar-refractivity contribution in [1.29, 1.82) is 0 Å². The molecule has 2 amide bonds. The van der Waals surface area contributed by atoms with Crippen molar-refractivity contribution in [2.45, 2.75) is 25.0 Å². The quantitative estimate of drug-likeness (QED) is 0.186. The number of rotatable bonds is 5. The average molecular weight is 578 g/mol. The van der Waals surface area contributed by atoms with Crippen molar-refractivity contribution in [2.75, 3.05) is 10.6 Å². The summed E-state index contributed by atoms with van der Waals surface area (Å²) >= 11 is 1.58. The summed E-state index contributed by atoms with van der Waals surface area (Å²) in [7, 11) is 0. The Morgan fingerprint density at radius 3 is 2.31 bits per heavy atom. The van der Waals surface area contributed by atoms with E-state index in [1.807, 2.05) is 18.2 Å². The van der Waals surface area contributed by atoms with Crippen LogP contribution < -0.4 is 10.6 Å². The van der Waals surface area contributed by atoms with Gasteiger partial charge in [-0.2, -0.15) is 0 Å². The van der Waals surface area contributed by atoms with Crippen LogP contribution in [-0.4, -0.2) is 49.6 Å². The molecule has 10 nitrogen and oxygen atoms in total. The van der Waals surface area contributed by atoms with E-state index >= 15 is 0 Å². The molecule has 0 radical (unpaired) electrons. The fraction of sp³-hybridized carbons (Fsp3) is 0.194. The summed E-state index contributed by atoms with van der Waals surface area (Å²) in [5.74, 6) is -0.0311. The van der Waals surface area contributed by atoms with Gasteiger partial charge in [0.2, 0.25) is 0 Å². The molecule has 4 heterocycles. The standard InChI is InChI=1S/C31H23N5O5S/c1-13-6-24-18(31-19(28(31)38)12-32-27(13)31)11-25(42-24)26(37)22-9-14-7-16(2-4-20(14)35-22)33-29(39)23-10-15-8-17(34-30(40)41)3-5-21(15)36-23/h2-5,7-10,12-13,25,34-36H,6,11H2,1H3,(H,33,39)(H,40,41). The number of ketones is 2. The zero-order chi connectivity index (χ0) is 28.9. The number of carbonyl (C=O) groups is 4. The van der Waals surface area contributed by atoms with Gasteiger partial charge in [0, 0.05) is 56.6 Å². The number of nitrogens with one attached hydrogen (secondary N) is 4. The lowest BCUT2D eigenvalue weighted by Crippen LogP contribution is -2.31. The number of amides is 2. The van der Waals surface area contributed by atoms with E-state index < -0.39 is 11.5 Å². The molecule has 42 heavy (non-hydrogen) atoms. The normalized spacial score (nSPS) is 23.8. The maximum absolute atomic E-state index is 13.6. The van der Waals surface area contributed by atoms with Crippen LogP contribution in [0.15, 0.2) is 75.8 Å². The maximum atomic E-state index is 13.6. The Labute approximate surface area is 242 Å². The molecule has 1 fully saturated rings. The van der Waals surface area contributed by atoms with Crippen LogP contribution in [0.1, 0.15) is 40.7 Å². The van der Waals surface area contributed by atoms with Gasteiger partial charge in [-0.15, -0.1) is 11.8 Å². The number of thioether (sulfide) groups is 1. The van der Waals surface area contributed by atoms with Crippen LogP contribution in [0.25, 0.3) is 21.8 Å². The number of anilines is 2. The van der Waals surface area contributed by atoms with E-state index in [2.05, 4.69) is 32.5 Å². The number of H-pyrrole nitrogens is 2. The molecular formula is C31H23N5O5S. The van der Waals surface area contributed by atoms with Crippen LogP contribution in [0.4, 0.5) is 16.2 Å². The predicted octanol–water partition coefficient (Wildman–Crippen LogP) is 5.88. The number of carbonyl (C=O) groups excluding carboxylic acids is 3. The van der Waals surface area contributed by atoms with Crippen molar-refractivity contribution in [3.8, 4) is 0 Å². The van der Waals surface area contributed by atoms with Crippen LogP contribution >= 0.6 is 11.8 Å². The summed E-state index contributed by atoms with van der Waals surface area (Å²) in [6.07, 6.45) is 1.91. The fourth-order valence-electron chi connectivity index (χ4n) is 6.68. The van der Waals surface area contributed by atoms with Gasteiger partial charge >= 0.3 is 6.09 Å². The Morgan fingerprint density at radius 2 is 1.62 bits per heavy atom. The third-order valence-electron chi connectivity index (χ3n) is 8.62. The SMILES string of the molecule is CC1CC2=C(CC(C(=O)c3cc4cc(NC(=O)c5cc6cc(NC(=O)O)ccc6[nH]5)ccc4[nH]3)S2)C23C(=O)C2=CN=C13. The van der Waals surface area contributed by atoms with E-state index in [0.717, 1.165) is 39.1 Å². The van der Waals surface area contributed by atoms with Crippen molar-refractivity contribution in [2.24, 2.45) is 16.3 Å². The number of allylic oxidation sites excluding steroid dienone is 3. The average Bonchev–Trinajstić information content (AvgIpc) is 3.57. The minimum atomic E-state index is -1.16. The third kappa shape index (κ3) is 3.49. The number of hydrogen-bond acceptors (Lipinski definition) is 6. The molecule has 2 aliphatic carbocycles. The zero-order valence-corrected chi connectivity index (χ0v) is 23.0. The van der Waals surface area contributed by atoms with Crippen molar-refractivity contribution in [1.82, 2.24) is 9.97 Å². The molecule has 3 unspecified atom stereocenters. The van der Waals surface area contributed by atoms with E-state index in [1.54, 1.807) is 48.3 Å². The van der Waals surface area contributed by atoms with E-state index in [1.165, 1.54) is 0 Å². The van der Waals surface area contributed by atoms with Gasteiger partial charge in [-0.25, -0.2) is 4.79 Å². The van der Waals surface area contributed by atoms with Crippen LogP contribution in [0, 0.1) is 11.3 Å². The van der Waals surface area contributed by atoms with Crippen LogP contribution in [-0.2, 0) is 4.79 Å². The molecule has 0 saturated heterocycles. The molecule has 4 aromatic rings. The summed E-state index contributed by atoms with van der Waals surface area (Å²) in [6.45, 7) is 2.10. The predicted molar refractivity (Wildman–Crippen MR) is 160 cm³/mol. The van der Waals surface area contributed by atoms with Gasteiger partial charge in [-0.3, -0.25) is 24.7 Å². The Morgan fingerprint density at radius 1 is 0.952 bits per heavy atom. The minimum absolute atomic E-state index is 0.00909. The second-order valence-electron chi connectivity index (χ2n) is 11.2. The van der Waals surface area contributed by atoms with E-state index in [0.29, 0.717) is 40.1 Å². The summed E-state index contributed by atoms with van der Waals surface area (Å²) < 4.78 is 0. The number of Topliss-reactive ketones (excluding diaryl/α,β-unsaturated/α-hetero) is 2. The number of aromatic amines is 2. The molecule has 2 aliphatic heterocycles. The summed E-state index contributed by atoms with van der Waals surface area (Å²) in [5, 5.41) is 15.3. The second-order valence-corrected chi connectivity index (χ2v) is 12.5.